The number of H-pyrrole nitrogens is 1. The van der Waals surface area contributed by atoms with Gasteiger partial charge >= 0.3 is 6.03 Å². The third kappa shape index (κ3) is 2.02. The first-order valence-electron chi connectivity index (χ1n) is 7.31. The van der Waals surface area contributed by atoms with Crippen molar-refractivity contribution in [3.05, 3.63) is 59.8 Å². The summed E-state index contributed by atoms with van der Waals surface area (Å²) in [5, 5.41) is 11.0. The van der Waals surface area contributed by atoms with E-state index >= 15 is 0 Å². The van der Waals surface area contributed by atoms with E-state index in [9.17, 15) is 4.79 Å². The van der Waals surface area contributed by atoms with Gasteiger partial charge in [-0.3, -0.25) is 5.10 Å². The lowest BCUT2D eigenvalue weighted by Gasteiger charge is -2.34. The van der Waals surface area contributed by atoms with Crippen LogP contribution in [0.4, 0.5) is 10.5 Å². The average Bonchev–Trinajstić information content (AvgIpc) is 2.99. The van der Waals surface area contributed by atoms with Gasteiger partial charge in [0.1, 0.15) is 0 Å². The molecule has 0 fully saturated rings. The van der Waals surface area contributed by atoms with Gasteiger partial charge in [0.05, 0.1) is 24.3 Å². The van der Waals surface area contributed by atoms with Crippen LogP contribution in [0.15, 0.2) is 48.7 Å². The van der Waals surface area contributed by atoms with Crippen LogP contribution in [0.1, 0.15) is 24.1 Å². The zero-order valence-electron chi connectivity index (χ0n) is 12.2. The maximum atomic E-state index is 12.4. The van der Waals surface area contributed by atoms with Gasteiger partial charge in [0.15, 0.2) is 0 Å². The molecule has 2 aromatic carbocycles. The van der Waals surface area contributed by atoms with Crippen molar-refractivity contribution in [2.75, 3.05) is 5.32 Å². The van der Waals surface area contributed by atoms with E-state index in [1.165, 1.54) is 0 Å². The Morgan fingerprint density at radius 1 is 1.23 bits per heavy atom. The maximum absolute atomic E-state index is 12.4. The Balaban J connectivity index is 1.70. The predicted octanol–water partition coefficient (Wildman–Crippen LogP) is 3.67. The van der Waals surface area contributed by atoms with Crippen molar-refractivity contribution in [1.29, 1.82) is 0 Å². The van der Waals surface area contributed by atoms with Crippen LogP contribution in [0, 0.1) is 0 Å². The van der Waals surface area contributed by atoms with E-state index < -0.39 is 0 Å². The molecule has 4 rings (SSSR count). The highest BCUT2D eigenvalue weighted by Crippen LogP contribution is 2.32. The Labute approximate surface area is 127 Å². The molecule has 0 radical (unpaired) electrons. The highest BCUT2D eigenvalue weighted by atomic mass is 16.2. The second kappa shape index (κ2) is 4.87. The fourth-order valence-corrected chi connectivity index (χ4v) is 2.95. The molecule has 1 aromatic heterocycles. The monoisotopic (exact) mass is 292 g/mol. The molecule has 0 saturated carbocycles. The minimum absolute atomic E-state index is 0.0226. The van der Waals surface area contributed by atoms with E-state index in [4.69, 9.17) is 0 Å². The molecule has 5 nitrogen and oxygen atoms in total. The van der Waals surface area contributed by atoms with Crippen LogP contribution in [0.3, 0.4) is 0 Å². The van der Waals surface area contributed by atoms with Gasteiger partial charge in [0.2, 0.25) is 0 Å². The molecular formula is C17H16N4O. The van der Waals surface area contributed by atoms with E-state index in [1.807, 2.05) is 41.3 Å². The van der Waals surface area contributed by atoms with E-state index in [1.54, 1.807) is 6.20 Å². The van der Waals surface area contributed by atoms with Crippen LogP contribution in [0.25, 0.3) is 10.9 Å². The van der Waals surface area contributed by atoms with Crippen molar-refractivity contribution >= 4 is 22.6 Å². The number of carbonyl (C=O) groups is 1. The van der Waals surface area contributed by atoms with Crippen molar-refractivity contribution in [2.45, 2.75) is 19.5 Å². The third-order valence-electron chi connectivity index (χ3n) is 4.26. The van der Waals surface area contributed by atoms with Gasteiger partial charge in [-0.1, -0.05) is 30.3 Å². The molecule has 110 valence electrons. The summed E-state index contributed by atoms with van der Waals surface area (Å²) in [4.78, 5) is 14.3. The molecule has 2 N–H and O–H groups in total. The molecule has 1 atom stereocenters. The van der Waals surface area contributed by atoms with Crippen LogP contribution >= 0.6 is 0 Å². The van der Waals surface area contributed by atoms with Gasteiger partial charge in [-0.25, -0.2) is 4.79 Å². The van der Waals surface area contributed by atoms with Gasteiger partial charge in [0.25, 0.3) is 0 Å². The summed E-state index contributed by atoms with van der Waals surface area (Å²) >= 11 is 0. The van der Waals surface area contributed by atoms with E-state index in [0.29, 0.717) is 6.54 Å². The number of fused-ring (bicyclic) bond motifs is 2. The minimum atomic E-state index is -0.0669. The zero-order chi connectivity index (χ0) is 15.1. The summed E-state index contributed by atoms with van der Waals surface area (Å²) < 4.78 is 0. The standard InChI is InChI=1S/C17H16N4O/c1-11(12-5-3-2-4-6-12)21-10-14-7-13-9-18-20-16(13)8-15(14)19-17(21)22/h2-9,11H,10H2,1H3,(H,18,20)(H,19,22). The lowest BCUT2D eigenvalue weighted by molar-refractivity contribution is 0.186. The number of benzene rings is 2. The Hall–Kier alpha value is -2.82. The number of rotatable bonds is 2. The SMILES string of the molecule is CC(c1ccccc1)N1Cc2cc3cn[nH]c3cc2NC1=O. The topological polar surface area (TPSA) is 61.0 Å². The fourth-order valence-electron chi connectivity index (χ4n) is 2.95. The first kappa shape index (κ1) is 12.9. The highest BCUT2D eigenvalue weighted by molar-refractivity contribution is 5.96. The Morgan fingerprint density at radius 2 is 2.05 bits per heavy atom. The van der Waals surface area contributed by atoms with E-state index in [-0.39, 0.29) is 12.1 Å². The van der Waals surface area contributed by atoms with Crippen molar-refractivity contribution in [1.82, 2.24) is 15.1 Å². The predicted molar refractivity (Wildman–Crippen MR) is 85.5 cm³/mol. The Morgan fingerprint density at radius 3 is 2.86 bits per heavy atom. The molecular weight excluding hydrogens is 276 g/mol. The van der Waals surface area contributed by atoms with Gasteiger partial charge in [0, 0.05) is 11.1 Å². The molecule has 5 heteroatoms. The number of aromatic nitrogens is 2. The van der Waals surface area contributed by atoms with Gasteiger partial charge in [-0.15, -0.1) is 0 Å². The molecule has 0 saturated heterocycles. The number of hydrogen-bond acceptors (Lipinski definition) is 2. The summed E-state index contributed by atoms with van der Waals surface area (Å²) in [6, 6.07) is 14.1. The second-order valence-electron chi connectivity index (χ2n) is 5.61. The molecule has 2 heterocycles. The number of urea groups is 1. The fraction of sp³-hybridized carbons (Fsp3) is 0.176. The quantitative estimate of drug-likeness (QED) is 0.757. The first-order valence-corrected chi connectivity index (χ1v) is 7.31. The second-order valence-corrected chi connectivity index (χ2v) is 5.61. The number of nitrogens with one attached hydrogen (secondary N) is 2. The number of amides is 2. The maximum Gasteiger partial charge on any atom is 0.322 e. The lowest BCUT2D eigenvalue weighted by atomic mass is 10.0. The molecule has 0 aliphatic carbocycles. The normalized spacial score (nSPS) is 15.5. The molecule has 1 aliphatic rings. The van der Waals surface area contributed by atoms with Crippen molar-refractivity contribution in [3.63, 3.8) is 0 Å². The number of aromatic amines is 1. The number of carbonyl (C=O) groups excluding carboxylic acids is 1. The van der Waals surface area contributed by atoms with Gasteiger partial charge in [-0.2, -0.15) is 5.10 Å². The highest BCUT2D eigenvalue weighted by Gasteiger charge is 2.27. The van der Waals surface area contributed by atoms with Crippen molar-refractivity contribution in [3.8, 4) is 0 Å². The number of anilines is 1. The Bertz CT molecular complexity index is 840. The van der Waals surface area contributed by atoms with Crippen LogP contribution < -0.4 is 5.32 Å². The molecule has 22 heavy (non-hydrogen) atoms. The van der Waals surface area contributed by atoms with Crippen LogP contribution in [0.2, 0.25) is 0 Å². The van der Waals surface area contributed by atoms with Crippen LogP contribution in [0.5, 0.6) is 0 Å². The molecule has 3 aromatic rings. The summed E-state index contributed by atoms with van der Waals surface area (Å²) in [6.07, 6.45) is 1.80. The smallest absolute Gasteiger partial charge is 0.313 e. The van der Waals surface area contributed by atoms with E-state index in [0.717, 1.165) is 27.7 Å². The van der Waals surface area contributed by atoms with Crippen molar-refractivity contribution < 1.29 is 4.79 Å². The van der Waals surface area contributed by atoms with Gasteiger partial charge < -0.3 is 10.2 Å². The third-order valence-corrected chi connectivity index (χ3v) is 4.26. The zero-order valence-corrected chi connectivity index (χ0v) is 12.2. The molecule has 0 spiro atoms. The first-order chi connectivity index (χ1) is 10.7. The largest absolute Gasteiger partial charge is 0.322 e. The number of nitrogens with zero attached hydrogens (tertiary/aromatic N) is 2. The minimum Gasteiger partial charge on any atom is -0.313 e. The summed E-state index contributed by atoms with van der Waals surface area (Å²) in [5.74, 6) is 0. The molecule has 1 aliphatic heterocycles. The van der Waals surface area contributed by atoms with Crippen LogP contribution in [-0.2, 0) is 6.54 Å². The lowest BCUT2D eigenvalue weighted by Crippen LogP contribution is -2.40. The summed E-state index contributed by atoms with van der Waals surface area (Å²) in [7, 11) is 0. The Kier molecular flexibility index (Phi) is 2.85. The van der Waals surface area contributed by atoms with Crippen molar-refractivity contribution in [2.24, 2.45) is 0 Å². The van der Waals surface area contributed by atoms with Gasteiger partial charge in [-0.05, 0) is 30.2 Å². The van der Waals surface area contributed by atoms with Crippen LogP contribution in [-0.4, -0.2) is 21.1 Å². The van der Waals surface area contributed by atoms with E-state index in [2.05, 4.69) is 28.5 Å². The molecule has 0 bridgehead atoms. The number of hydrogen-bond donors (Lipinski definition) is 2. The summed E-state index contributed by atoms with van der Waals surface area (Å²) in [5.41, 5.74) is 4.03. The summed E-state index contributed by atoms with van der Waals surface area (Å²) in [6.45, 7) is 2.65. The molecule has 2 amide bonds. The average molecular weight is 292 g/mol. The molecule has 1 unspecified atom stereocenters.